The summed E-state index contributed by atoms with van der Waals surface area (Å²) in [5.41, 5.74) is -1.47. The first kappa shape index (κ1) is 16.8. The van der Waals surface area contributed by atoms with Gasteiger partial charge in [-0.05, 0) is 40.5 Å². The number of amidine groups is 2. The predicted molar refractivity (Wildman–Crippen MR) is 83.8 cm³/mol. The summed E-state index contributed by atoms with van der Waals surface area (Å²) in [6.45, 7) is 9.92. The third-order valence-corrected chi connectivity index (χ3v) is 3.71. The van der Waals surface area contributed by atoms with Crippen LogP contribution in [0, 0.1) is 0 Å². The fourth-order valence-corrected chi connectivity index (χ4v) is 2.54. The van der Waals surface area contributed by atoms with Gasteiger partial charge in [0.1, 0.15) is 11.1 Å². The van der Waals surface area contributed by atoms with E-state index in [-0.39, 0.29) is 0 Å². The Balaban J connectivity index is 2.18. The molecule has 2 rings (SSSR count). The van der Waals surface area contributed by atoms with Gasteiger partial charge in [0, 0.05) is 26.2 Å². The van der Waals surface area contributed by atoms with Crippen molar-refractivity contribution >= 4 is 11.7 Å². The third kappa shape index (κ3) is 3.61. The van der Waals surface area contributed by atoms with Gasteiger partial charge in [-0.3, -0.25) is 20.4 Å². The second-order valence-corrected chi connectivity index (χ2v) is 6.68. The van der Waals surface area contributed by atoms with Crippen LogP contribution in [-0.4, -0.2) is 69.5 Å². The molecule has 2 aliphatic heterocycles. The minimum atomic E-state index is -0.734. The average Bonchev–Trinajstić information content (AvgIpc) is 2.46. The minimum absolute atomic E-state index is 0.518. The van der Waals surface area contributed by atoms with E-state index in [1.165, 1.54) is 0 Å². The standard InChI is InChI=1S/C14H26N6O2/c1-13(2,11-15-7-5-9-19(11)21)17-18-14(3,4)12-16-8-6-10-20(12)22/h21-22H,5-10H2,1-4H3. The van der Waals surface area contributed by atoms with E-state index in [4.69, 9.17) is 0 Å². The van der Waals surface area contributed by atoms with Gasteiger partial charge < -0.3 is 0 Å². The van der Waals surface area contributed by atoms with Crippen molar-refractivity contribution in [3.05, 3.63) is 0 Å². The zero-order chi connectivity index (χ0) is 16.4. The van der Waals surface area contributed by atoms with Crippen LogP contribution in [0.1, 0.15) is 40.5 Å². The molecule has 8 heteroatoms. The fraction of sp³-hybridized carbons (Fsp3) is 0.857. The van der Waals surface area contributed by atoms with Crippen molar-refractivity contribution < 1.29 is 10.4 Å². The first-order valence-electron chi connectivity index (χ1n) is 7.71. The zero-order valence-electron chi connectivity index (χ0n) is 13.8. The highest BCUT2D eigenvalue weighted by Crippen LogP contribution is 2.23. The lowest BCUT2D eigenvalue weighted by atomic mass is 10.0. The van der Waals surface area contributed by atoms with Crippen molar-refractivity contribution in [2.24, 2.45) is 20.2 Å². The quantitative estimate of drug-likeness (QED) is 0.776. The molecule has 2 heterocycles. The van der Waals surface area contributed by atoms with Gasteiger partial charge in [0.2, 0.25) is 0 Å². The minimum Gasteiger partial charge on any atom is -0.287 e. The van der Waals surface area contributed by atoms with Gasteiger partial charge in [-0.1, -0.05) is 0 Å². The van der Waals surface area contributed by atoms with E-state index >= 15 is 0 Å². The smallest absolute Gasteiger partial charge is 0.152 e. The van der Waals surface area contributed by atoms with Crippen molar-refractivity contribution in [2.45, 2.75) is 51.6 Å². The molecule has 2 aliphatic rings. The molecule has 0 radical (unpaired) electrons. The molecule has 0 fully saturated rings. The highest BCUT2D eigenvalue weighted by molar-refractivity contribution is 5.91. The number of rotatable bonds is 4. The van der Waals surface area contributed by atoms with E-state index in [1.807, 2.05) is 27.7 Å². The lowest BCUT2D eigenvalue weighted by molar-refractivity contribution is -0.0269. The van der Waals surface area contributed by atoms with Crippen LogP contribution in [0.5, 0.6) is 0 Å². The number of hydrogen-bond donors (Lipinski definition) is 2. The van der Waals surface area contributed by atoms with Gasteiger partial charge in [-0.2, -0.15) is 10.2 Å². The monoisotopic (exact) mass is 310 g/mol. The van der Waals surface area contributed by atoms with Crippen molar-refractivity contribution in [1.29, 1.82) is 0 Å². The number of aliphatic imine (C=N–C) groups is 2. The van der Waals surface area contributed by atoms with Crippen molar-refractivity contribution in [1.82, 2.24) is 10.1 Å². The summed E-state index contributed by atoms with van der Waals surface area (Å²) >= 11 is 0. The largest absolute Gasteiger partial charge is 0.287 e. The van der Waals surface area contributed by atoms with E-state index in [2.05, 4.69) is 20.2 Å². The topological polar surface area (TPSA) is 96.4 Å². The molecule has 22 heavy (non-hydrogen) atoms. The molecular weight excluding hydrogens is 284 g/mol. The molecule has 0 spiro atoms. The van der Waals surface area contributed by atoms with Crippen LogP contribution in [0.3, 0.4) is 0 Å². The van der Waals surface area contributed by atoms with Gasteiger partial charge in [0.15, 0.2) is 11.7 Å². The highest BCUT2D eigenvalue weighted by atomic mass is 16.5. The lowest BCUT2D eigenvalue weighted by Crippen LogP contribution is -2.47. The van der Waals surface area contributed by atoms with E-state index in [9.17, 15) is 10.4 Å². The normalized spacial score (nSPS) is 21.2. The number of hydrogen-bond acceptors (Lipinski definition) is 8. The Morgan fingerprint density at radius 3 is 1.50 bits per heavy atom. The maximum absolute atomic E-state index is 9.95. The van der Waals surface area contributed by atoms with E-state index in [1.54, 1.807) is 0 Å². The zero-order valence-corrected chi connectivity index (χ0v) is 13.8. The predicted octanol–water partition coefficient (Wildman–Crippen LogP) is 1.98. The van der Waals surface area contributed by atoms with Gasteiger partial charge in [0.05, 0.1) is 0 Å². The Hall–Kier alpha value is -1.54. The molecule has 0 bridgehead atoms. The van der Waals surface area contributed by atoms with Crippen LogP contribution in [0.4, 0.5) is 0 Å². The van der Waals surface area contributed by atoms with Crippen molar-refractivity contribution in [3.63, 3.8) is 0 Å². The Labute approximate surface area is 131 Å². The number of azo groups is 1. The Morgan fingerprint density at radius 2 is 1.18 bits per heavy atom. The number of nitrogens with zero attached hydrogens (tertiary/aromatic N) is 6. The number of hydroxylamine groups is 4. The molecule has 0 saturated carbocycles. The molecule has 8 nitrogen and oxygen atoms in total. The third-order valence-electron chi connectivity index (χ3n) is 3.71. The highest BCUT2D eigenvalue weighted by Gasteiger charge is 2.35. The maximum Gasteiger partial charge on any atom is 0.152 e. The Morgan fingerprint density at radius 1 is 0.818 bits per heavy atom. The molecule has 0 atom stereocenters. The summed E-state index contributed by atoms with van der Waals surface area (Å²) < 4.78 is 0. The van der Waals surface area contributed by atoms with Gasteiger partial charge in [-0.25, -0.2) is 10.1 Å². The van der Waals surface area contributed by atoms with Crippen LogP contribution in [-0.2, 0) is 0 Å². The fourth-order valence-electron chi connectivity index (χ4n) is 2.54. The molecule has 0 aromatic rings. The van der Waals surface area contributed by atoms with E-state index in [0.29, 0.717) is 37.9 Å². The average molecular weight is 310 g/mol. The van der Waals surface area contributed by atoms with Crippen LogP contribution < -0.4 is 0 Å². The molecule has 124 valence electrons. The second-order valence-electron chi connectivity index (χ2n) is 6.68. The van der Waals surface area contributed by atoms with E-state index in [0.717, 1.165) is 23.0 Å². The molecule has 0 aromatic heterocycles. The van der Waals surface area contributed by atoms with Crippen molar-refractivity contribution in [2.75, 3.05) is 26.2 Å². The molecule has 0 saturated heterocycles. The molecule has 2 N–H and O–H groups in total. The summed E-state index contributed by atoms with van der Waals surface area (Å²) in [7, 11) is 0. The van der Waals surface area contributed by atoms with Crippen LogP contribution in [0.2, 0.25) is 0 Å². The maximum atomic E-state index is 9.95. The van der Waals surface area contributed by atoms with Gasteiger partial charge in [0.25, 0.3) is 0 Å². The SMILES string of the molecule is CC(C)(N=NC(C)(C)C1=NCCCN1O)C1=NCCCN1O. The lowest BCUT2D eigenvalue weighted by Gasteiger charge is -2.33. The summed E-state index contributed by atoms with van der Waals surface area (Å²) in [4.78, 5) is 8.72. The van der Waals surface area contributed by atoms with Gasteiger partial charge in [-0.15, -0.1) is 0 Å². The van der Waals surface area contributed by atoms with Crippen LogP contribution in [0.15, 0.2) is 20.2 Å². The summed E-state index contributed by atoms with van der Waals surface area (Å²) in [6.07, 6.45) is 1.66. The molecule has 0 unspecified atom stereocenters. The first-order valence-corrected chi connectivity index (χ1v) is 7.71. The second kappa shape index (κ2) is 6.29. The summed E-state index contributed by atoms with van der Waals surface area (Å²) in [5, 5.41) is 31.0. The summed E-state index contributed by atoms with van der Waals surface area (Å²) in [6, 6.07) is 0. The Bertz CT molecular complexity index is 454. The molecule has 0 amide bonds. The van der Waals surface area contributed by atoms with Crippen LogP contribution >= 0.6 is 0 Å². The Kier molecular flexibility index (Phi) is 4.81. The molecular formula is C14H26N6O2. The van der Waals surface area contributed by atoms with Gasteiger partial charge >= 0.3 is 0 Å². The molecule has 0 aromatic carbocycles. The van der Waals surface area contributed by atoms with Crippen LogP contribution in [0.25, 0.3) is 0 Å². The summed E-state index contributed by atoms with van der Waals surface area (Å²) in [5.74, 6) is 1.04. The first-order chi connectivity index (χ1) is 10.2. The molecule has 0 aliphatic carbocycles. The van der Waals surface area contributed by atoms with E-state index < -0.39 is 11.1 Å². The van der Waals surface area contributed by atoms with Crippen molar-refractivity contribution in [3.8, 4) is 0 Å².